The first-order valence-electron chi connectivity index (χ1n) is 8.89. The van der Waals surface area contributed by atoms with Gasteiger partial charge in [0.1, 0.15) is 11.6 Å². The minimum absolute atomic E-state index is 0.000548. The van der Waals surface area contributed by atoms with E-state index in [4.69, 9.17) is 21.1 Å². The van der Waals surface area contributed by atoms with Crippen molar-refractivity contribution < 1.29 is 23.5 Å². The number of hydrogen-bond donors (Lipinski definition) is 2. The molecule has 0 unspecified atom stereocenters. The van der Waals surface area contributed by atoms with Gasteiger partial charge in [-0.1, -0.05) is 23.7 Å². The third-order valence-electron chi connectivity index (χ3n) is 4.21. The Labute approximate surface area is 167 Å². The zero-order chi connectivity index (χ0) is 19.9. The van der Waals surface area contributed by atoms with Gasteiger partial charge in [0.2, 0.25) is 0 Å². The van der Waals surface area contributed by atoms with Crippen molar-refractivity contribution in [3.05, 3.63) is 58.9 Å². The van der Waals surface area contributed by atoms with Crippen LogP contribution in [0.2, 0.25) is 5.02 Å². The van der Waals surface area contributed by atoms with Gasteiger partial charge in [-0.15, -0.1) is 0 Å². The molecule has 3 rings (SSSR count). The quantitative estimate of drug-likeness (QED) is 0.738. The molecule has 6 nitrogen and oxygen atoms in total. The number of rotatable bonds is 7. The number of amides is 2. The van der Waals surface area contributed by atoms with E-state index in [-0.39, 0.29) is 35.1 Å². The van der Waals surface area contributed by atoms with E-state index < -0.39 is 11.7 Å². The van der Waals surface area contributed by atoms with Crippen LogP contribution in [-0.2, 0) is 9.53 Å². The van der Waals surface area contributed by atoms with Crippen molar-refractivity contribution in [2.75, 3.05) is 25.1 Å². The van der Waals surface area contributed by atoms with Crippen LogP contribution in [0.15, 0.2) is 42.5 Å². The fourth-order valence-corrected chi connectivity index (χ4v) is 2.97. The highest BCUT2D eigenvalue weighted by Crippen LogP contribution is 2.20. The number of nitrogens with one attached hydrogen (secondary N) is 2. The van der Waals surface area contributed by atoms with Crippen molar-refractivity contribution in [1.82, 2.24) is 5.32 Å². The fourth-order valence-electron chi connectivity index (χ4n) is 2.81. The van der Waals surface area contributed by atoms with Gasteiger partial charge in [0.25, 0.3) is 11.8 Å². The Balaban J connectivity index is 1.56. The van der Waals surface area contributed by atoms with Crippen LogP contribution < -0.4 is 15.4 Å². The molecule has 1 saturated heterocycles. The van der Waals surface area contributed by atoms with Crippen LogP contribution in [0.25, 0.3) is 0 Å². The molecular formula is C20H20ClFN2O4. The highest BCUT2D eigenvalue weighted by molar-refractivity contribution is 6.30. The van der Waals surface area contributed by atoms with E-state index in [1.165, 1.54) is 12.1 Å². The van der Waals surface area contributed by atoms with Crippen molar-refractivity contribution in [3.63, 3.8) is 0 Å². The SMILES string of the molecule is O=C(COc1ccccc1C(=O)NC[C@H]1CCCO1)Nc1ccc(Cl)cc1F. The highest BCUT2D eigenvalue weighted by atomic mass is 35.5. The second-order valence-electron chi connectivity index (χ2n) is 6.30. The van der Waals surface area contributed by atoms with Gasteiger partial charge in [-0.3, -0.25) is 9.59 Å². The first kappa shape index (κ1) is 20.1. The van der Waals surface area contributed by atoms with Gasteiger partial charge >= 0.3 is 0 Å². The molecule has 2 amide bonds. The average molecular weight is 407 g/mol. The summed E-state index contributed by atoms with van der Waals surface area (Å²) in [5, 5.41) is 5.45. The van der Waals surface area contributed by atoms with Gasteiger partial charge in [0.15, 0.2) is 6.61 Å². The van der Waals surface area contributed by atoms with Crippen LogP contribution in [0.4, 0.5) is 10.1 Å². The molecular weight excluding hydrogens is 387 g/mol. The summed E-state index contributed by atoms with van der Waals surface area (Å²) in [4.78, 5) is 24.5. The molecule has 0 aliphatic carbocycles. The van der Waals surface area contributed by atoms with Crippen molar-refractivity contribution in [2.24, 2.45) is 0 Å². The summed E-state index contributed by atoms with van der Waals surface area (Å²) in [7, 11) is 0. The number of carbonyl (C=O) groups excluding carboxylic acids is 2. The number of halogens is 2. The number of ether oxygens (including phenoxy) is 2. The second kappa shape index (κ2) is 9.52. The molecule has 1 aliphatic rings. The number of carbonyl (C=O) groups is 2. The predicted molar refractivity (Wildman–Crippen MR) is 103 cm³/mol. The summed E-state index contributed by atoms with van der Waals surface area (Å²) in [6.07, 6.45) is 1.93. The highest BCUT2D eigenvalue weighted by Gasteiger charge is 2.18. The lowest BCUT2D eigenvalue weighted by Gasteiger charge is -2.14. The third kappa shape index (κ3) is 5.43. The van der Waals surface area contributed by atoms with Crippen molar-refractivity contribution in [3.8, 4) is 5.75 Å². The van der Waals surface area contributed by atoms with Crippen LogP contribution in [-0.4, -0.2) is 37.7 Å². The number of anilines is 1. The number of para-hydroxylation sites is 1. The van der Waals surface area contributed by atoms with Gasteiger partial charge in [0.05, 0.1) is 17.4 Å². The molecule has 2 aromatic carbocycles. The lowest BCUT2D eigenvalue weighted by Crippen LogP contribution is -2.32. The zero-order valence-corrected chi connectivity index (χ0v) is 15.8. The summed E-state index contributed by atoms with van der Waals surface area (Å²) >= 11 is 5.69. The Morgan fingerprint density at radius 1 is 1.25 bits per heavy atom. The van der Waals surface area contributed by atoms with Gasteiger partial charge in [-0.05, 0) is 43.2 Å². The molecule has 1 heterocycles. The Hall–Kier alpha value is -2.64. The van der Waals surface area contributed by atoms with Crippen LogP contribution in [0.3, 0.4) is 0 Å². The van der Waals surface area contributed by atoms with Gasteiger partial charge in [-0.2, -0.15) is 0 Å². The van der Waals surface area contributed by atoms with E-state index in [9.17, 15) is 14.0 Å². The molecule has 0 bridgehead atoms. The summed E-state index contributed by atoms with van der Waals surface area (Å²) in [5.74, 6) is -1.25. The van der Waals surface area contributed by atoms with Crippen LogP contribution in [0, 0.1) is 5.82 Å². The smallest absolute Gasteiger partial charge is 0.262 e. The van der Waals surface area contributed by atoms with E-state index in [2.05, 4.69) is 10.6 Å². The largest absolute Gasteiger partial charge is 0.483 e. The van der Waals surface area contributed by atoms with E-state index in [0.29, 0.717) is 18.7 Å². The lowest BCUT2D eigenvalue weighted by molar-refractivity contribution is -0.118. The average Bonchev–Trinajstić information content (AvgIpc) is 3.20. The standard InChI is InChI=1S/C20H20ClFN2O4/c21-13-7-8-17(16(22)10-13)24-19(25)12-28-18-6-2-1-5-15(18)20(26)23-11-14-4-3-9-27-14/h1-2,5-8,10,14H,3-4,9,11-12H2,(H,23,26)(H,24,25)/t14-/m1/s1. The molecule has 8 heteroatoms. The molecule has 0 aromatic heterocycles. The maximum Gasteiger partial charge on any atom is 0.262 e. The lowest BCUT2D eigenvalue weighted by atomic mass is 10.1. The molecule has 2 aromatic rings. The predicted octanol–water partition coefficient (Wildman–Crippen LogP) is 3.41. The minimum atomic E-state index is -0.644. The molecule has 1 atom stereocenters. The Bertz CT molecular complexity index is 856. The van der Waals surface area contributed by atoms with E-state index in [0.717, 1.165) is 18.9 Å². The second-order valence-corrected chi connectivity index (χ2v) is 6.74. The van der Waals surface area contributed by atoms with Gasteiger partial charge < -0.3 is 20.1 Å². The normalized spacial score (nSPS) is 15.9. The first-order valence-corrected chi connectivity index (χ1v) is 9.27. The molecule has 1 aliphatic heterocycles. The third-order valence-corrected chi connectivity index (χ3v) is 4.45. The number of benzene rings is 2. The topological polar surface area (TPSA) is 76.7 Å². The van der Waals surface area contributed by atoms with Crippen molar-refractivity contribution >= 4 is 29.1 Å². The molecule has 2 N–H and O–H groups in total. The molecule has 0 radical (unpaired) electrons. The van der Waals surface area contributed by atoms with Gasteiger partial charge in [-0.25, -0.2) is 4.39 Å². The maximum absolute atomic E-state index is 13.8. The number of hydrogen-bond acceptors (Lipinski definition) is 4. The molecule has 1 fully saturated rings. The molecule has 28 heavy (non-hydrogen) atoms. The van der Waals surface area contributed by atoms with Crippen LogP contribution in [0.1, 0.15) is 23.2 Å². The summed E-state index contributed by atoms with van der Waals surface area (Å²) in [6.45, 7) is 0.755. The molecule has 0 saturated carbocycles. The minimum Gasteiger partial charge on any atom is -0.483 e. The Morgan fingerprint density at radius 2 is 2.07 bits per heavy atom. The zero-order valence-electron chi connectivity index (χ0n) is 15.0. The fraction of sp³-hybridized carbons (Fsp3) is 0.300. The van der Waals surface area contributed by atoms with E-state index in [1.54, 1.807) is 24.3 Å². The Morgan fingerprint density at radius 3 is 2.82 bits per heavy atom. The first-order chi connectivity index (χ1) is 13.5. The van der Waals surface area contributed by atoms with Crippen LogP contribution >= 0.6 is 11.6 Å². The van der Waals surface area contributed by atoms with Gasteiger partial charge in [0, 0.05) is 18.2 Å². The van der Waals surface area contributed by atoms with E-state index in [1.807, 2.05) is 0 Å². The monoisotopic (exact) mass is 406 g/mol. The van der Waals surface area contributed by atoms with Crippen molar-refractivity contribution in [2.45, 2.75) is 18.9 Å². The van der Waals surface area contributed by atoms with E-state index >= 15 is 0 Å². The maximum atomic E-state index is 13.8. The van der Waals surface area contributed by atoms with Crippen LogP contribution in [0.5, 0.6) is 5.75 Å². The summed E-state index contributed by atoms with van der Waals surface area (Å²) < 4.78 is 24.7. The molecule has 0 spiro atoms. The van der Waals surface area contributed by atoms with Crippen molar-refractivity contribution in [1.29, 1.82) is 0 Å². The summed E-state index contributed by atoms with van der Waals surface area (Å²) in [5.41, 5.74) is 0.312. The summed E-state index contributed by atoms with van der Waals surface area (Å²) in [6, 6.07) is 10.5. The Kier molecular flexibility index (Phi) is 6.84. The molecule has 148 valence electrons.